The summed E-state index contributed by atoms with van der Waals surface area (Å²) in [7, 11) is -4.36. The molecule has 10 heteroatoms. The highest BCUT2D eigenvalue weighted by molar-refractivity contribution is 7.89. The van der Waals surface area contributed by atoms with E-state index in [9.17, 15) is 21.6 Å². The topological polar surface area (TPSA) is 81.2 Å². The number of hydrogen-bond acceptors (Lipinski definition) is 5. The Bertz CT molecular complexity index is 1060. The van der Waals surface area contributed by atoms with Crippen molar-refractivity contribution in [1.82, 2.24) is 14.9 Å². The average Bonchev–Trinajstić information content (AvgIpc) is 2.72. The Labute approximate surface area is 165 Å². The maximum atomic E-state index is 13.0. The van der Waals surface area contributed by atoms with Crippen molar-refractivity contribution < 1.29 is 26.3 Å². The number of halogens is 3. The van der Waals surface area contributed by atoms with Gasteiger partial charge in [0.05, 0.1) is 16.2 Å². The lowest BCUT2D eigenvalue weighted by molar-refractivity contribution is -0.139. The molecule has 0 amide bonds. The van der Waals surface area contributed by atoms with E-state index in [1.54, 1.807) is 12.1 Å². The van der Waals surface area contributed by atoms with Gasteiger partial charge in [-0.25, -0.2) is 13.1 Å². The van der Waals surface area contributed by atoms with Crippen molar-refractivity contribution in [3.63, 3.8) is 0 Å². The summed E-state index contributed by atoms with van der Waals surface area (Å²) in [4.78, 5) is -0.834. The first kappa shape index (κ1) is 20.7. The Kier molecular flexibility index (Phi) is 6.14. The lowest BCUT2D eigenvalue weighted by Gasteiger charge is -2.13. The third-order valence-electron chi connectivity index (χ3n) is 3.84. The fourth-order valence-electron chi connectivity index (χ4n) is 2.50. The fraction of sp³-hybridized carbons (Fsp3) is 0.158. The van der Waals surface area contributed by atoms with Crippen LogP contribution in [-0.2, 0) is 16.2 Å². The van der Waals surface area contributed by atoms with E-state index in [-0.39, 0.29) is 19.0 Å². The molecule has 2 aromatic carbocycles. The maximum absolute atomic E-state index is 13.0. The highest BCUT2D eigenvalue weighted by Crippen LogP contribution is 2.33. The summed E-state index contributed by atoms with van der Waals surface area (Å²) < 4.78 is 70.9. The van der Waals surface area contributed by atoms with Crippen molar-refractivity contribution in [2.75, 3.05) is 13.2 Å². The minimum atomic E-state index is -4.78. The molecule has 3 aromatic rings. The lowest BCUT2D eigenvalue weighted by atomic mass is 10.1. The highest BCUT2D eigenvalue weighted by atomic mass is 32.2. The Hall–Kier alpha value is -2.98. The molecule has 0 saturated heterocycles. The highest BCUT2D eigenvalue weighted by Gasteiger charge is 2.36. The van der Waals surface area contributed by atoms with Gasteiger partial charge in [-0.2, -0.15) is 13.2 Å². The van der Waals surface area contributed by atoms with Gasteiger partial charge in [-0.1, -0.05) is 42.5 Å². The van der Waals surface area contributed by atoms with Crippen molar-refractivity contribution in [2.45, 2.75) is 11.1 Å². The first-order valence-corrected chi connectivity index (χ1v) is 9.93. The van der Waals surface area contributed by atoms with Gasteiger partial charge in [-0.15, -0.1) is 10.2 Å². The maximum Gasteiger partial charge on any atom is 0.417 e. The van der Waals surface area contributed by atoms with Crippen molar-refractivity contribution in [2.24, 2.45) is 0 Å². The summed E-state index contributed by atoms with van der Waals surface area (Å²) >= 11 is 0. The molecule has 1 N–H and O–H groups in total. The van der Waals surface area contributed by atoms with Gasteiger partial charge in [-0.3, -0.25) is 0 Å². The van der Waals surface area contributed by atoms with Crippen LogP contribution in [0, 0.1) is 0 Å². The number of rotatable bonds is 7. The molecule has 0 aliphatic carbocycles. The van der Waals surface area contributed by atoms with Crippen LogP contribution in [0.2, 0.25) is 0 Å². The summed E-state index contributed by atoms with van der Waals surface area (Å²) in [6.07, 6.45) is -4.78. The second-order valence-electron chi connectivity index (χ2n) is 5.86. The number of benzene rings is 2. The van der Waals surface area contributed by atoms with Gasteiger partial charge in [0.25, 0.3) is 0 Å². The molecule has 1 aromatic heterocycles. The van der Waals surface area contributed by atoms with Crippen LogP contribution in [0.1, 0.15) is 5.56 Å². The second kappa shape index (κ2) is 8.58. The van der Waals surface area contributed by atoms with Crippen LogP contribution in [0.4, 0.5) is 13.2 Å². The van der Waals surface area contributed by atoms with Crippen molar-refractivity contribution >= 4 is 10.0 Å². The number of hydrogen-bond donors (Lipinski definition) is 1. The van der Waals surface area contributed by atoms with E-state index >= 15 is 0 Å². The fourth-order valence-corrected chi connectivity index (χ4v) is 3.74. The molecule has 0 aliphatic rings. The minimum absolute atomic E-state index is 0.132. The SMILES string of the molecule is O=S(=O)(NCCOc1ccc(-c2ccccc2)nn1)c1ccccc1C(F)(F)F. The van der Waals surface area contributed by atoms with E-state index in [0.29, 0.717) is 5.69 Å². The Morgan fingerprint density at radius 1 is 0.897 bits per heavy atom. The van der Waals surface area contributed by atoms with Crippen molar-refractivity contribution in [3.05, 3.63) is 72.3 Å². The number of sulfonamides is 1. The monoisotopic (exact) mass is 423 g/mol. The van der Waals surface area contributed by atoms with Gasteiger partial charge in [0.1, 0.15) is 6.61 Å². The molecule has 0 unspecified atom stereocenters. The summed E-state index contributed by atoms with van der Waals surface area (Å²) in [5.41, 5.74) is 0.292. The molecule has 0 bridgehead atoms. The van der Waals surface area contributed by atoms with E-state index in [1.807, 2.05) is 30.3 Å². The number of aromatic nitrogens is 2. The van der Waals surface area contributed by atoms with Crippen LogP contribution in [0.25, 0.3) is 11.3 Å². The van der Waals surface area contributed by atoms with Gasteiger partial charge < -0.3 is 4.74 Å². The normalized spacial score (nSPS) is 12.0. The zero-order valence-electron chi connectivity index (χ0n) is 14.9. The molecule has 0 saturated carbocycles. The van der Waals surface area contributed by atoms with Crippen molar-refractivity contribution in [3.8, 4) is 17.1 Å². The van der Waals surface area contributed by atoms with Gasteiger partial charge >= 0.3 is 6.18 Å². The quantitative estimate of drug-likeness (QED) is 0.588. The van der Waals surface area contributed by atoms with Crippen LogP contribution in [-0.4, -0.2) is 31.8 Å². The summed E-state index contributed by atoms with van der Waals surface area (Å²) in [6.45, 7) is -0.372. The Morgan fingerprint density at radius 2 is 1.59 bits per heavy atom. The van der Waals surface area contributed by atoms with Gasteiger partial charge in [0, 0.05) is 18.2 Å². The van der Waals surface area contributed by atoms with Crippen molar-refractivity contribution in [1.29, 1.82) is 0 Å². The van der Waals surface area contributed by atoms with Gasteiger partial charge in [-0.05, 0) is 18.2 Å². The Morgan fingerprint density at radius 3 is 2.24 bits per heavy atom. The van der Waals surface area contributed by atoms with E-state index in [0.717, 1.165) is 23.8 Å². The first-order valence-electron chi connectivity index (χ1n) is 8.45. The molecule has 29 heavy (non-hydrogen) atoms. The lowest BCUT2D eigenvalue weighted by Crippen LogP contribution is -2.30. The van der Waals surface area contributed by atoms with Crippen LogP contribution < -0.4 is 9.46 Å². The predicted molar refractivity (Wildman–Crippen MR) is 99.6 cm³/mol. The third-order valence-corrected chi connectivity index (χ3v) is 5.35. The number of nitrogens with one attached hydrogen (secondary N) is 1. The average molecular weight is 423 g/mol. The van der Waals surface area contributed by atoms with E-state index < -0.39 is 26.7 Å². The van der Waals surface area contributed by atoms with Crippen LogP contribution >= 0.6 is 0 Å². The number of nitrogens with zero attached hydrogens (tertiary/aromatic N) is 2. The van der Waals surface area contributed by atoms with E-state index in [1.165, 1.54) is 6.07 Å². The molecular formula is C19H16F3N3O3S. The summed E-state index contributed by atoms with van der Waals surface area (Å²) in [6, 6.07) is 16.6. The van der Waals surface area contributed by atoms with Gasteiger partial charge in [0.15, 0.2) is 0 Å². The van der Waals surface area contributed by atoms with Crippen LogP contribution in [0.5, 0.6) is 5.88 Å². The van der Waals surface area contributed by atoms with Crippen LogP contribution in [0.15, 0.2) is 71.6 Å². The number of ether oxygens (including phenoxy) is 1. The smallest absolute Gasteiger partial charge is 0.417 e. The summed E-state index contributed by atoms with van der Waals surface area (Å²) in [5, 5.41) is 7.92. The Balaban J connectivity index is 1.58. The van der Waals surface area contributed by atoms with E-state index in [2.05, 4.69) is 14.9 Å². The molecule has 0 aliphatic heterocycles. The molecular weight excluding hydrogens is 407 g/mol. The molecule has 3 rings (SSSR count). The zero-order chi connectivity index (χ0) is 20.9. The van der Waals surface area contributed by atoms with Gasteiger partial charge in [0.2, 0.25) is 15.9 Å². The minimum Gasteiger partial charge on any atom is -0.475 e. The first-order chi connectivity index (χ1) is 13.8. The molecule has 152 valence electrons. The predicted octanol–water partition coefficient (Wildman–Crippen LogP) is 3.52. The van der Waals surface area contributed by atoms with Crippen LogP contribution in [0.3, 0.4) is 0 Å². The molecule has 0 spiro atoms. The van der Waals surface area contributed by atoms with E-state index in [4.69, 9.17) is 4.74 Å². The third kappa shape index (κ3) is 5.30. The zero-order valence-corrected chi connectivity index (χ0v) is 15.7. The molecule has 0 radical (unpaired) electrons. The molecule has 6 nitrogen and oxygen atoms in total. The molecule has 0 fully saturated rings. The molecule has 1 heterocycles. The molecule has 0 atom stereocenters. The number of alkyl halides is 3. The standard InChI is InChI=1S/C19H16F3N3O3S/c20-19(21,22)15-8-4-5-9-17(15)29(26,27)23-12-13-28-18-11-10-16(24-25-18)14-6-2-1-3-7-14/h1-11,23H,12-13H2. The second-order valence-corrected chi connectivity index (χ2v) is 7.60. The largest absolute Gasteiger partial charge is 0.475 e. The summed E-state index contributed by atoms with van der Waals surface area (Å²) in [5.74, 6) is 0.166.